The van der Waals surface area contributed by atoms with E-state index in [9.17, 15) is 4.79 Å². The predicted molar refractivity (Wildman–Crippen MR) is 49.8 cm³/mol. The van der Waals surface area contributed by atoms with Crippen LogP contribution in [0.5, 0.6) is 0 Å². The predicted octanol–water partition coefficient (Wildman–Crippen LogP) is 0.996. The quantitative estimate of drug-likeness (QED) is 0.753. The Morgan fingerprint density at radius 3 is 2.93 bits per heavy atom. The van der Waals surface area contributed by atoms with Gasteiger partial charge in [0.1, 0.15) is 0 Å². The minimum Gasteiger partial charge on any atom is -0.465 e. The van der Waals surface area contributed by atoms with E-state index in [1.165, 1.54) is 0 Å². The fourth-order valence-corrected chi connectivity index (χ4v) is 0.971. The van der Waals surface area contributed by atoms with Crippen molar-refractivity contribution in [2.24, 2.45) is 0 Å². The first-order valence-electron chi connectivity index (χ1n) is 4.12. The first kappa shape index (κ1) is 10.5. The number of amides is 1. The van der Waals surface area contributed by atoms with Crippen LogP contribution in [-0.2, 0) is 17.9 Å². The second kappa shape index (κ2) is 5.18. The van der Waals surface area contributed by atoms with Gasteiger partial charge < -0.3 is 15.2 Å². The lowest BCUT2D eigenvalue weighted by molar-refractivity contribution is 0.181. The van der Waals surface area contributed by atoms with Crippen LogP contribution in [0.25, 0.3) is 0 Å². The number of carboxylic acid groups (broad SMARTS) is 1. The monoisotopic (exact) mass is 196 g/mol. The molecule has 0 fully saturated rings. The third-order valence-corrected chi connectivity index (χ3v) is 1.62. The molecule has 0 radical (unpaired) electrons. The Bertz CT molecular complexity index is 297. The van der Waals surface area contributed by atoms with Crippen LogP contribution in [0.3, 0.4) is 0 Å². The number of aromatic nitrogens is 1. The lowest BCUT2D eigenvalue weighted by Crippen LogP contribution is -2.19. The van der Waals surface area contributed by atoms with Crippen LogP contribution in [0.2, 0.25) is 0 Å². The molecule has 0 spiro atoms. The normalized spacial score (nSPS) is 9.79. The SMILES string of the molecule is COCc1ccc(CNC(=O)O)cn1. The fraction of sp³-hybridized carbons (Fsp3) is 0.333. The van der Waals surface area contributed by atoms with E-state index in [0.29, 0.717) is 6.61 Å². The van der Waals surface area contributed by atoms with Crippen molar-refractivity contribution in [3.8, 4) is 0 Å². The Balaban J connectivity index is 2.50. The molecule has 0 saturated carbocycles. The van der Waals surface area contributed by atoms with Crippen molar-refractivity contribution >= 4 is 6.09 Å². The molecular weight excluding hydrogens is 184 g/mol. The number of ether oxygens (including phenoxy) is 1. The van der Waals surface area contributed by atoms with Crippen LogP contribution in [0.4, 0.5) is 4.79 Å². The van der Waals surface area contributed by atoms with Crippen molar-refractivity contribution in [2.45, 2.75) is 13.2 Å². The molecule has 0 aliphatic carbocycles. The second-order valence-corrected chi connectivity index (χ2v) is 2.75. The minimum absolute atomic E-state index is 0.273. The maximum Gasteiger partial charge on any atom is 0.404 e. The van der Waals surface area contributed by atoms with E-state index in [1.54, 1.807) is 13.3 Å². The van der Waals surface area contributed by atoms with Gasteiger partial charge in [0.25, 0.3) is 0 Å². The van der Waals surface area contributed by atoms with E-state index in [1.807, 2.05) is 12.1 Å². The van der Waals surface area contributed by atoms with Gasteiger partial charge in [0, 0.05) is 19.9 Å². The number of carbonyl (C=O) groups is 1. The first-order valence-corrected chi connectivity index (χ1v) is 4.12. The van der Waals surface area contributed by atoms with E-state index < -0.39 is 6.09 Å². The van der Waals surface area contributed by atoms with Crippen molar-refractivity contribution in [2.75, 3.05) is 7.11 Å². The third kappa shape index (κ3) is 3.40. The molecule has 1 amide bonds. The third-order valence-electron chi connectivity index (χ3n) is 1.62. The lowest BCUT2D eigenvalue weighted by atomic mass is 10.2. The number of nitrogens with one attached hydrogen (secondary N) is 1. The molecule has 0 saturated heterocycles. The summed E-state index contributed by atoms with van der Waals surface area (Å²) >= 11 is 0. The Kier molecular flexibility index (Phi) is 3.87. The van der Waals surface area contributed by atoms with Crippen LogP contribution >= 0.6 is 0 Å². The average Bonchev–Trinajstić information content (AvgIpc) is 2.17. The van der Waals surface area contributed by atoms with Crippen molar-refractivity contribution in [3.63, 3.8) is 0 Å². The topological polar surface area (TPSA) is 71.5 Å². The van der Waals surface area contributed by atoms with Crippen molar-refractivity contribution in [1.82, 2.24) is 10.3 Å². The highest BCUT2D eigenvalue weighted by Crippen LogP contribution is 2.00. The van der Waals surface area contributed by atoms with E-state index in [-0.39, 0.29) is 6.54 Å². The smallest absolute Gasteiger partial charge is 0.404 e. The molecule has 1 heterocycles. The number of hydrogen-bond acceptors (Lipinski definition) is 3. The van der Waals surface area contributed by atoms with Gasteiger partial charge in [0.15, 0.2) is 0 Å². The highest BCUT2D eigenvalue weighted by Gasteiger charge is 1.97. The summed E-state index contributed by atoms with van der Waals surface area (Å²) in [4.78, 5) is 14.3. The molecule has 0 aliphatic rings. The van der Waals surface area contributed by atoms with E-state index in [4.69, 9.17) is 9.84 Å². The molecule has 5 heteroatoms. The molecule has 2 N–H and O–H groups in total. The maximum absolute atomic E-state index is 10.2. The maximum atomic E-state index is 10.2. The summed E-state index contributed by atoms with van der Waals surface area (Å²) in [5.41, 5.74) is 1.65. The van der Waals surface area contributed by atoms with Crippen LogP contribution in [-0.4, -0.2) is 23.3 Å². The summed E-state index contributed by atoms with van der Waals surface area (Å²) in [6.07, 6.45) is 0.593. The van der Waals surface area contributed by atoms with Crippen LogP contribution in [0.1, 0.15) is 11.3 Å². The largest absolute Gasteiger partial charge is 0.465 e. The lowest BCUT2D eigenvalue weighted by Gasteiger charge is -2.02. The zero-order valence-electron chi connectivity index (χ0n) is 7.86. The highest BCUT2D eigenvalue weighted by atomic mass is 16.5. The number of nitrogens with zero attached hydrogens (tertiary/aromatic N) is 1. The average molecular weight is 196 g/mol. The highest BCUT2D eigenvalue weighted by molar-refractivity contribution is 5.64. The summed E-state index contributed by atoms with van der Waals surface area (Å²) in [6, 6.07) is 3.62. The van der Waals surface area contributed by atoms with E-state index in [0.717, 1.165) is 11.3 Å². The van der Waals surface area contributed by atoms with Gasteiger partial charge in [-0.15, -0.1) is 0 Å². The Morgan fingerprint density at radius 2 is 2.43 bits per heavy atom. The molecule has 1 aromatic heterocycles. The number of hydrogen-bond donors (Lipinski definition) is 2. The van der Waals surface area contributed by atoms with Gasteiger partial charge in [-0.2, -0.15) is 0 Å². The van der Waals surface area contributed by atoms with Gasteiger partial charge in [-0.1, -0.05) is 6.07 Å². The Morgan fingerprint density at radius 1 is 1.64 bits per heavy atom. The number of pyridine rings is 1. The molecule has 0 atom stereocenters. The molecule has 1 rings (SSSR count). The zero-order chi connectivity index (χ0) is 10.4. The van der Waals surface area contributed by atoms with Gasteiger partial charge in [-0.05, 0) is 11.6 Å². The summed E-state index contributed by atoms with van der Waals surface area (Å²) in [7, 11) is 1.60. The van der Waals surface area contributed by atoms with Gasteiger partial charge in [0.2, 0.25) is 0 Å². The van der Waals surface area contributed by atoms with Crippen LogP contribution in [0, 0.1) is 0 Å². The fourth-order valence-electron chi connectivity index (χ4n) is 0.971. The number of rotatable bonds is 4. The second-order valence-electron chi connectivity index (χ2n) is 2.75. The van der Waals surface area contributed by atoms with Crippen molar-refractivity contribution in [1.29, 1.82) is 0 Å². The van der Waals surface area contributed by atoms with Crippen LogP contribution in [0.15, 0.2) is 18.3 Å². The van der Waals surface area contributed by atoms with E-state index in [2.05, 4.69) is 10.3 Å². The summed E-state index contributed by atoms with van der Waals surface area (Å²) in [5.74, 6) is 0. The number of methoxy groups -OCH3 is 1. The van der Waals surface area contributed by atoms with Crippen LogP contribution < -0.4 is 5.32 Å². The van der Waals surface area contributed by atoms with E-state index >= 15 is 0 Å². The summed E-state index contributed by atoms with van der Waals surface area (Å²) in [5, 5.41) is 10.6. The van der Waals surface area contributed by atoms with Gasteiger partial charge in [0.05, 0.1) is 12.3 Å². The summed E-state index contributed by atoms with van der Waals surface area (Å²) in [6.45, 7) is 0.738. The molecule has 76 valence electrons. The molecule has 0 aromatic carbocycles. The molecule has 0 aliphatic heterocycles. The van der Waals surface area contributed by atoms with Crippen molar-refractivity contribution in [3.05, 3.63) is 29.6 Å². The zero-order valence-corrected chi connectivity index (χ0v) is 7.86. The Hall–Kier alpha value is -1.62. The standard InChI is InChI=1S/C9H12N2O3/c1-14-6-8-3-2-7(4-10-8)5-11-9(12)13/h2-4,11H,5-6H2,1H3,(H,12,13). The first-order chi connectivity index (χ1) is 6.72. The van der Waals surface area contributed by atoms with Gasteiger partial charge in [-0.3, -0.25) is 4.98 Å². The van der Waals surface area contributed by atoms with Gasteiger partial charge in [-0.25, -0.2) is 4.79 Å². The minimum atomic E-state index is -1.04. The summed E-state index contributed by atoms with van der Waals surface area (Å²) < 4.78 is 4.89. The molecule has 1 aromatic rings. The molecule has 0 bridgehead atoms. The Labute approximate surface area is 81.7 Å². The molecule has 14 heavy (non-hydrogen) atoms. The molecular formula is C9H12N2O3. The van der Waals surface area contributed by atoms with Crippen molar-refractivity contribution < 1.29 is 14.6 Å². The van der Waals surface area contributed by atoms with Gasteiger partial charge >= 0.3 is 6.09 Å². The molecule has 0 unspecified atom stereocenters. The molecule has 5 nitrogen and oxygen atoms in total.